The van der Waals surface area contributed by atoms with Crippen molar-refractivity contribution < 1.29 is 19.1 Å². The molecule has 3 rings (SSSR count). The van der Waals surface area contributed by atoms with Crippen molar-refractivity contribution in [1.82, 2.24) is 15.6 Å². The fraction of sp³-hybridized carbons (Fsp3) is 0.400. The van der Waals surface area contributed by atoms with Gasteiger partial charge in [-0.3, -0.25) is 9.59 Å². The fourth-order valence-electron chi connectivity index (χ4n) is 4.22. The van der Waals surface area contributed by atoms with E-state index >= 15 is 0 Å². The van der Waals surface area contributed by atoms with Gasteiger partial charge in [-0.2, -0.15) is 0 Å². The summed E-state index contributed by atoms with van der Waals surface area (Å²) in [6.45, 7) is 7.52. The summed E-state index contributed by atoms with van der Waals surface area (Å²) in [5.74, 6) is -0.441. The third kappa shape index (κ3) is 8.57. The molecule has 0 aliphatic rings. The van der Waals surface area contributed by atoms with Crippen LogP contribution < -0.4 is 16.4 Å². The quantitative estimate of drug-likeness (QED) is 0.330. The molecule has 0 saturated heterocycles. The van der Waals surface area contributed by atoms with Gasteiger partial charge in [-0.25, -0.2) is 9.78 Å². The van der Waals surface area contributed by atoms with Crippen LogP contribution in [0.4, 0.5) is 10.6 Å². The van der Waals surface area contributed by atoms with E-state index in [1.807, 2.05) is 61.5 Å². The third-order valence-corrected chi connectivity index (χ3v) is 6.28. The Bertz CT molecular complexity index is 1250. The lowest BCUT2D eigenvalue weighted by Crippen LogP contribution is -2.45. The molecule has 0 aliphatic carbocycles. The highest BCUT2D eigenvalue weighted by molar-refractivity contribution is 5.92. The maximum absolute atomic E-state index is 13.3. The maximum Gasteiger partial charge on any atom is 0.408 e. The molecule has 0 saturated carbocycles. The van der Waals surface area contributed by atoms with Gasteiger partial charge in [0.15, 0.2) is 5.78 Å². The molecule has 0 unspecified atom stereocenters. The predicted octanol–water partition coefficient (Wildman–Crippen LogP) is 4.94. The summed E-state index contributed by atoms with van der Waals surface area (Å²) in [7, 11) is 0. The first-order valence-corrected chi connectivity index (χ1v) is 13.0. The average molecular weight is 519 g/mol. The van der Waals surface area contributed by atoms with E-state index < -0.39 is 23.7 Å². The van der Waals surface area contributed by atoms with Gasteiger partial charge in [-0.1, -0.05) is 49.4 Å². The number of anilines is 1. The molecule has 0 bridgehead atoms. The standard InChI is InChI=1S/C30H38N4O4/c1-5-22(28(36)33-19-21-11-13-24-23(17-21)15-16-32-27(24)31)18-26(35)25(34-29(37)38-30(2,3)4)14-12-20-9-7-6-8-10-20/h6-11,13,15-17,22,25H,5,12,14,18-19H2,1-4H3,(H2,31,32)(H,33,36)(H,34,37)/t22-,25-/m1/s1. The van der Waals surface area contributed by atoms with Gasteiger partial charge in [-0.15, -0.1) is 0 Å². The van der Waals surface area contributed by atoms with Crippen LogP contribution in [0.15, 0.2) is 60.8 Å². The van der Waals surface area contributed by atoms with Crippen molar-refractivity contribution in [2.45, 2.75) is 71.6 Å². The number of amides is 2. The van der Waals surface area contributed by atoms with Crippen molar-refractivity contribution in [2.24, 2.45) is 5.92 Å². The molecule has 1 aromatic heterocycles. The zero-order valence-corrected chi connectivity index (χ0v) is 22.6. The van der Waals surface area contributed by atoms with Gasteiger partial charge in [0, 0.05) is 30.5 Å². The number of carbonyl (C=O) groups excluding carboxylic acids is 3. The number of nitrogens with two attached hydrogens (primary N) is 1. The Labute approximate surface area is 224 Å². The normalized spacial score (nSPS) is 12.9. The number of carbonyl (C=O) groups is 3. The lowest BCUT2D eigenvalue weighted by Gasteiger charge is -2.24. The molecule has 38 heavy (non-hydrogen) atoms. The van der Waals surface area contributed by atoms with Crippen molar-refractivity contribution in [3.05, 3.63) is 71.9 Å². The van der Waals surface area contributed by atoms with Gasteiger partial charge in [0.05, 0.1) is 6.04 Å². The molecular weight excluding hydrogens is 480 g/mol. The fourth-order valence-corrected chi connectivity index (χ4v) is 4.22. The van der Waals surface area contributed by atoms with Gasteiger partial charge in [-0.05, 0) is 68.7 Å². The number of pyridine rings is 1. The van der Waals surface area contributed by atoms with Crippen molar-refractivity contribution in [3.63, 3.8) is 0 Å². The van der Waals surface area contributed by atoms with E-state index in [2.05, 4.69) is 15.6 Å². The van der Waals surface area contributed by atoms with Crippen LogP contribution in [0.5, 0.6) is 0 Å². The van der Waals surface area contributed by atoms with E-state index in [0.29, 0.717) is 31.6 Å². The Balaban J connectivity index is 1.63. The number of Topliss-reactive ketones (excluding diaryl/α,β-unsaturated/α-hetero) is 1. The lowest BCUT2D eigenvalue weighted by atomic mass is 9.92. The summed E-state index contributed by atoms with van der Waals surface area (Å²) in [4.78, 5) is 42.9. The van der Waals surface area contributed by atoms with Crippen LogP contribution in [0.3, 0.4) is 0 Å². The molecule has 202 valence electrons. The number of alkyl carbamates (subject to hydrolysis) is 1. The number of fused-ring (bicyclic) bond motifs is 1. The minimum absolute atomic E-state index is 0.0253. The molecule has 0 spiro atoms. The third-order valence-electron chi connectivity index (χ3n) is 6.28. The second-order valence-electron chi connectivity index (χ2n) is 10.5. The van der Waals surface area contributed by atoms with Crippen molar-refractivity contribution >= 4 is 34.4 Å². The second kappa shape index (κ2) is 13.0. The molecule has 3 aromatic rings. The van der Waals surface area contributed by atoms with Gasteiger partial charge in [0.1, 0.15) is 11.4 Å². The highest BCUT2D eigenvalue weighted by Crippen LogP contribution is 2.20. The van der Waals surface area contributed by atoms with Crippen LogP contribution in [0, 0.1) is 5.92 Å². The van der Waals surface area contributed by atoms with E-state index in [1.165, 1.54) is 0 Å². The summed E-state index contributed by atoms with van der Waals surface area (Å²) < 4.78 is 5.38. The van der Waals surface area contributed by atoms with Crippen molar-refractivity contribution in [2.75, 3.05) is 5.73 Å². The molecular formula is C30H38N4O4. The number of nitrogen functional groups attached to an aromatic ring is 1. The van der Waals surface area contributed by atoms with Crippen molar-refractivity contribution in [1.29, 1.82) is 0 Å². The first kappa shape index (κ1) is 28.6. The number of ketones is 1. The first-order valence-electron chi connectivity index (χ1n) is 13.0. The minimum Gasteiger partial charge on any atom is -0.444 e. The number of nitrogens with one attached hydrogen (secondary N) is 2. The average Bonchev–Trinajstić information content (AvgIpc) is 2.87. The topological polar surface area (TPSA) is 123 Å². The lowest BCUT2D eigenvalue weighted by molar-refractivity contribution is -0.130. The van der Waals surface area contributed by atoms with E-state index in [-0.39, 0.29) is 18.1 Å². The Morgan fingerprint density at radius 1 is 1.03 bits per heavy atom. The summed E-state index contributed by atoms with van der Waals surface area (Å²) in [5.41, 5.74) is 7.22. The predicted molar refractivity (Wildman–Crippen MR) is 149 cm³/mol. The van der Waals surface area contributed by atoms with Crippen LogP contribution in [0.2, 0.25) is 0 Å². The number of nitrogens with zero attached hydrogens (tertiary/aromatic N) is 1. The van der Waals surface area contributed by atoms with Gasteiger partial charge in [0.2, 0.25) is 5.91 Å². The molecule has 0 radical (unpaired) electrons. The van der Waals surface area contributed by atoms with Crippen LogP contribution in [0.1, 0.15) is 58.1 Å². The van der Waals surface area contributed by atoms with Gasteiger partial charge in [0.25, 0.3) is 0 Å². The zero-order chi connectivity index (χ0) is 27.7. The minimum atomic E-state index is -0.758. The van der Waals surface area contributed by atoms with Crippen LogP contribution in [-0.4, -0.2) is 34.4 Å². The monoisotopic (exact) mass is 518 g/mol. The molecule has 4 N–H and O–H groups in total. The van der Waals surface area contributed by atoms with E-state index in [4.69, 9.17) is 10.5 Å². The molecule has 0 aliphatic heterocycles. The van der Waals surface area contributed by atoms with Crippen LogP contribution in [-0.2, 0) is 27.3 Å². The summed E-state index contributed by atoms with van der Waals surface area (Å²) in [6.07, 6.45) is 2.55. The Morgan fingerprint density at radius 2 is 1.76 bits per heavy atom. The highest BCUT2D eigenvalue weighted by atomic mass is 16.6. The first-order chi connectivity index (χ1) is 18.1. The Kier molecular flexibility index (Phi) is 9.82. The highest BCUT2D eigenvalue weighted by Gasteiger charge is 2.28. The number of hydrogen-bond donors (Lipinski definition) is 3. The SMILES string of the molecule is CC[C@H](CC(=O)[C@@H](CCc1ccccc1)NC(=O)OC(C)(C)C)C(=O)NCc1ccc2c(N)nccc2c1. The smallest absolute Gasteiger partial charge is 0.408 e. The maximum atomic E-state index is 13.3. The molecule has 2 atom stereocenters. The number of aromatic nitrogens is 1. The van der Waals surface area contributed by atoms with Gasteiger partial charge >= 0.3 is 6.09 Å². The van der Waals surface area contributed by atoms with Gasteiger partial charge < -0.3 is 21.1 Å². The van der Waals surface area contributed by atoms with E-state index in [1.54, 1.807) is 27.0 Å². The summed E-state index contributed by atoms with van der Waals surface area (Å²) >= 11 is 0. The molecule has 0 fully saturated rings. The number of benzene rings is 2. The van der Waals surface area contributed by atoms with Crippen molar-refractivity contribution in [3.8, 4) is 0 Å². The number of ether oxygens (including phenoxy) is 1. The largest absolute Gasteiger partial charge is 0.444 e. The second-order valence-corrected chi connectivity index (χ2v) is 10.5. The molecule has 8 nitrogen and oxygen atoms in total. The Morgan fingerprint density at radius 3 is 2.45 bits per heavy atom. The molecule has 1 heterocycles. The molecule has 2 aromatic carbocycles. The zero-order valence-electron chi connectivity index (χ0n) is 22.6. The summed E-state index contributed by atoms with van der Waals surface area (Å²) in [5, 5.41) is 7.49. The number of rotatable bonds is 11. The molecule has 8 heteroatoms. The van der Waals surface area contributed by atoms with E-state index in [9.17, 15) is 14.4 Å². The van der Waals surface area contributed by atoms with Crippen LogP contribution >= 0.6 is 0 Å². The molecule has 2 amide bonds. The Hall–Kier alpha value is -3.94. The number of hydrogen-bond acceptors (Lipinski definition) is 6. The number of aryl methyl sites for hydroxylation is 1. The van der Waals surface area contributed by atoms with E-state index in [0.717, 1.165) is 21.9 Å². The van der Waals surface area contributed by atoms with Crippen LogP contribution in [0.25, 0.3) is 10.8 Å². The summed E-state index contributed by atoms with van der Waals surface area (Å²) in [6, 6.07) is 16.6.